The summed E-state index contributed by atoms with van der Waals surface area (Å²) in [6.45, 7) is 2.51. The minimum Gasteiger partial charge on any atom is -0.348 e. The summed E-state index contributed by atoms with van der Waals surface area (Å²) < 4.78 is 1.80. The summed E-state index contributed by atoms with van der Waals surface area (Å²) in [6, 6.07) is 11.1. The number of fused-ring (bicyclic) bond motifs is 1. The molecule has 0 bridgehead atoms. The normalized spacial score (nSPS) is 12.2. The van der Waals surface area contributed by atoms with Crippen LogP contribution >= 0.6 is 0 Å². The number of para-hydroxylation sites is 1. The molecular formula is C15H15N5O. The van der Waals surface area contributed by atoms with Gasteiger partial charge in [-0.25, -0.2) is 4.68 Å². The van der Waals surface area contributed by atoms with E-state index in [9.17, 15) is 4.79 Å². The summed E-state index contributed by atoms with van der Waals surface area (Å²) in [5.41, 5.74) is 2.41. The summed E-state index contributed by atoms with van der Waals surface area (Å²) in [4.78, 5) is 16.0. The zero-order valence-electron chi connectivity index (χ0n) is 11.6. The molecule has 3 aromatic rings. The maximum absolute atomic E-state index is 12.1. The fourth-order valence-electron chi connectivity index (χ4n) is 2.17. The van der Waals surface area contributed by atoms with Crippen LogP contribution in [0.3, 0.4) is 0 Å². The van der Waals surface area contributed by atoms with Crippen LogP contribution in [-0.4, -0.2) is 31.9 Å². The molecule has 0 aliphatic carbocycles. The predicted octanol–water partition coefficient (Wildman–Crippen LogP) is 1.64. The molecule has 0 spiro atoms. The van der Waals surface area contributed by atoms with Gasteiger partial charge in [0.25, 0.3) is 5.91 Å². The molecule has 0 aliphatic rings. The van der Waals surface area contributed by atoms with Crippen molar-refractivity contribution in [1.82, 2.24) is 25.3 Å². The van der Waals surface area contributed by atoms with E-state index in [4.69, 9.17) is 0 Å². The van der Waals surface area contributed by atoms with Crippen LogP contribution in [0.4, 0.5) is 0 Å². The number of carbonyl (C=O) groups is 1. The van der Waals surface area contributed by atoms with Crippen molar-refractivity contribution in [2.75, 3.05) is 0 Å². The second-order valence-electron chi connectivity index (χ2n) is 4.87. The van der Waals surface area contributed by atoms with Gasteiger partial charge in [0.05, 0.1) is 12.1 Å². The minimum absolute atomic E-state index is 0.0595. The van der Waals surface area contributed by atoms with E-state index in [0.717, 1.165) is 11.0 Å². The van der Waals surface area contributed by atoms with E-state index in [0.29, 0.717) is 12.1 Å². The second-order valence-corrected chi connectivity index (χ2v) is 4.87. The molecule has 106 valence electrons. The molecule has 1 amide bonds. The molecule has 6 nitrogen and oxygen atoms in total. The van der Waals surface area contributed by atoms with Crippen molar-refractivity contribution in [2.24, 2.45) is 0 Å². The van der Waals surface area contributed by atoms with Crippen molar-refractivity contribution < 1.29 is 4.79 Å². The first-order chi connectivity index (χ1) is 10.2. The zero-order chi connectivity index (χ0) is 14.7. The molecule has 1 atom stereocenters. The van der Waals surface area contributed by atoms with E-state index >= 15 is 0 Å². The van der Waals surface area contributed by atoms with Gasteiger partial charge in [-0.3, -0.25) is 9.78 Å². The number of nitrogens with one attached hydrogen (secondary N) is 1. The van der Waals surface area contributed by atoms with E-state index in [1.165, 1.54) is 0 Å². The average molecular weight is 281 g/mol. The van der Waals surface area contributed by atoms with Crippen molar-refractivity contribution in [2.45, 2.75) is 19.5 Å². The van der Waals surface area contributed by atoms with Crippen molar-refractivity contribution in [3.05, 3.63) is 54.4 Å². The van der Waals surface area contributed by atoms with Crippen molar-refractivity contribution in [3.63, 3.8) is 0 Å². The SMILES string of the molecule is C[C@@H](Cn1nnc2ccccc21)NC(=O)c1ccncc1. The van der Waals surface area contributed by atoms with Crippen LogP contribution in [0.5, 0.6) is 0 Å². The van der Waals surface area contributed by atoms with Crippen molar-refractivity contribution in [3.8, 4) is 0 Å². The number of aromatic nitrogens is 4. The Kier molecular flexibility index (Phi) is 3.59. The highest BCUT2D eigenvalue weighted by molar-refractivity contribution is 5.94. The third-order valence-electron chi connectivity index (χ3n) is 3.19. The highest BCUT2D eigenvalue weighted by Crippen LogP contribution is 2.10. The lowest BCUT2D eigenvalue weighted by atomic mass is 10.2. The standard InChI is InChI=1S/C15H15N5O/c1-11(17-15(21)12-6-8-16-9-7-12)10-20-14-5-3-2-4-13(14)18-19-20/h2-9,11H,10H2,1H3,(H,17,21)/t11-/m0/s1. The highest BCUT2D eigenvalue weighted by atomic mass is 16.1. The number of benzene rings is 1. The van der Waals surface area contributed by atoms with Crippen LogP contribution < -0.4 is 5.32 Å². The monoisotopic (exact) mass is 281 g/mol. The second kappa shape index (κ2) is 5.70. The molecule has 21 heavy (non-hydrogen) atoms. The van der Waals surface area contributed by atoms with Gasteiger partial charge in [0.15, 0.2) is 0 Å². The van der Waals surface area contributed by atoms with E-state index in [2.05, 4.69) is 20.6 Å². The molecule has 0 saturated heterocycles. The van der Waals surface area contributed by atoms with E-state index in [1.54, 1.807) is 29.2 Å². The first kappa shape index (κ1) is 13.2. The number of hydrogen-bond acceptors (Lipinski definition) is 4. The lowest BCUT2D eigenvalue weighted by Crippen LogP contribution is -2.35. The molecular weight excluding hydrogens is 266 g/mol. The molecule has 2 aromatic heterocycles. The number of carbonyl (C=O) groups excluding carboxylic acids is 1. The lowest BCUT2D eigenvalue weighted by Gasteiger charge is -2.14. The number of hydrogen-bond donors (Lipinski definition) is 1. The van der Waals surface area contributed by atoms with Crippen LogP contribution in [0.2, 0.25) is 0 Å². The largest absolute Gasteiger partial charge is 0.348 e. The average Bonchev–Trinajstić information content (AvgIpc) is 2.91. The van der Waals surface area contributed by atoms with Crippen LogP contribution in [0.15, 0.2) is 48.8 Å². The number of amides is 1. The maximum Gasteiger partial charge on any atom is 0.251 e. The number of rotatable bonds is 4. The van der Waals surface area contributed by atoms with Crippen LogP contribution in [0, 0.1) is 0 Å². The van der Waals surface area contributed by atoms with E-state index in [-0.39, 0.29) is 11.9 Å². The summed E-state index contributed by atoms with van der Waals surface area (Å²) in [5, 5.41) is 11.2. The Morgan fingerprint density at radius 3 is 2.81 bits per heavy atom. The fraction of sp³-hybridized carbons (Fsp3) is 0.200. The molecule has 0 radical (unpaired) electrons. The van der Waals surface area contributed by atoms with Gasteiger partial charge in [-0.05, 0) is 31.2 Å². The van der Waals surface area contributed by atoms with Crippen molar-refractivity contribution in [1.29, 1.82) is 0 Å². The Labute approximate surface area is 121 Å². The minimum atomic E-state index is -0.116. The van der Waals surface area contributed by atoms with Gasteiger partial charge in [0.1, 0.15) is 5.52 Å². The van der Waals surface area contributed by atoms with Gasteiger partial charge >= 0.3 is 0 Å². The quantitative estimate of drug-likeness (QED) is 0.789. The summed E-state index contributed by atoms with van der Waals surface area (Å²) in [7, 11) is 0. The summed E-state index contributed by atoms with van der Waals surface area (Å²) >= 11 is 0. The smallest absolute Gasteiger partial charge is 0.251 e. The van der Waals surface area contributed by atoms with Gasteiger partial charge in [0.2, 0.25) is 0 Å². The Morgan fingerprint density at radius 1 is 1.24 bits per heavy atom. The maximum atomic E-state index is 12.1. The van der Waals surface area contributed by atoms with Gasteiger partial charge in [0, 0.05) is 24.0 Å². The lowest BCUT2D eigenvalue weighted by molar-refractivity contribution is 0.0936. The molecule has 1 aromatic carbocycles. The summed E-state index contributed by atoms with van der Waals surface area (Å²) in [6.07, 6.45) is 3.20. The molecule has 2 heterocycles. The first-order valence-corrected chi connectivity index (χ1v) is 6.73. The molecule has 0 aliphatic heterocycles. The Balaban J connectivity index is 1.69. The van der Waals surface area contributed by atoms with Gasteiger partial charge in [-0.2, -0.15) is 0 Å². The Bertz CT molecular complexity index is 753. The third-order valence-corrected chi connectivity index (χ3v) is 3.19. The topological polar surface area (TPSA) is 72.7 Å². The van der Waals surface area contributed by atoms with Crippen molar-refractivity contribution >= 4 is 16.9 Å². The number of nitrogens with zero attached hydrogens (tertiary/aromatic N) is 4. The third kappa shape index (κ3) is 2.89. The van der Waals surface area contributed by atoms with E-state index in [1.807, 2.05) is 31.2 Å². The van der Waals surface area contributed by atoms with Crippen LogP contribution in [-0.2, 0) is 6.54 Å². The van der Waals surface area contributed by atoms with Crippen LogP contribution in [0.25, 0.3) is 11.0 Å². The van der Waals surface area contributed by atoms with Gasteiger partial charge in [-0.15, -0.1) is 5.10 Å². The molecule has 3 rings (SSSR count). The fourth-order valence-corrected chi connectivity index (χ4v) is 2.17. The van der Waals surface area contributed by atoms with Crippen LogP contribution in [0.1, 0.15) is 17.3 Å². The van der Waals surface area contributed by atoms with Gasteiger partial charge in [-0.1, -0.05) is 17.3 Å². The number of pyridine rings is 1. The van der Waals surface area contributed by atoms with Gasteiger partial charge < -0.3 is 5.32 Å². The zero-order valence-corrected chi connectivity index (χ0v) is 11.6. The Hall–Kier alpha value is -2.76. The first-order valence-electron chi connectivity index (χ1n) is 6.73. The predicted molar refractivity (Wildman–Crippen MR) is 78.7 cm³/mol. The highest BCUT2D eigenvalue weighted by Gasteiger charge is 2.12. The van der Waals surface area contributed by atoms with E-state index < -0.39 is 0 Å². The summed E-state index contributed by atoms with van der Waals surface area (Å²) in [5.74, 6) is -0.116. The molecule has 6 heteroatoms. The molecule has 0 fully saturated rings. The molecule has 0 unspecified atom stereocenters. The Morgan fingerprint density at radius 2 is 2.00 bits per heavy atom. The molecule has 0 saturated carbocycles. The molecule has 1 N–H and O–H groups in total.